The van der Waals surface area contributed by atoms with E-state index in [9.17, 15) is 19.2 Å². The highest BCUT2D eigenvalue weighted by atomic mass is 32.1. The molecule has 2 amide bonds. The molecule has 0 bridgehead atoms. The van der Waals surface area contributed by atoms with E-state index in [1.54, 1.807) is 43.3 Å². The van der Waals surface area contributed by atoms with Crippen molar-refractivity contribution in [2.24, 2.45) is 0 Å². The van der Waals surface area contributed by atoms with E-state index in [1.165, 1.54) is 35.6 Å². The third kappa shape index (κ3) is 6.26. The van der Waals surface area contributed by atoms with Gasteiger partial charge in [-0.3, -0.25) is 9.59 Å². The number of benzene rings is 2. The number of hydrogen-bond acceptors (Lipinski definition) is 7. The van der Waals surface area contributed by atoms with Crippen LogP contribution in [-0.4, -0.2) is 37.0 Å². The van der Waals surface area contributed by atoms with Gasteiger partial charge in [0.15, 0.2) is 6.61 Å². The minimum absolute atomic E-state index is 0.234. The van der Waals surface area contributed by atoms with Gasteiger partial charge in [-0.05, 0) is 66.9 Å². The topological polar surface area (TPSA) is 111 Å². The minimum atomic E-state index is -0.672. The van der Waals surface area contributed by atoms with Crippen molar-refractivity contribution in [3.05, 3.63) is 82.0 Å². The second-order valence-electron chi connectivity index (χ2n) is 6.43. The highest BCUT2D eigenvalue weighted by Gasteiger charge is 2.12. The zero-order valence-electron chi connectivity index (χ0n) is 17.1. The molecule has 1 heterocycles. The Hall–Kier alpha value is -3.98. The highest BCUT2D eigenvalue weighted by molar-refractivity contribution is 7.12. The van der Waals surface area contributed by atoms with E-state index in [4.69, 9.17) is 9.47 Å². The molecule has 9 heteroatoms. The van der Waals surface area contributed by atoms with Crippen molar-refractivity contribution in [2.45, 2.75) is 6.92 Å². The quantitative estimate of drug-likeness (QED) is 0.500. The van der Waals surface area contributed by atoms with Gasteiger partial charge in [-0.25, -0.2) is 9.59 Å². The van der Waals surface area contributed by atoms with Gasteiger partial charge in [0.1, 0.15) is 0 Å². The number of esters is 2. The molecule has 0 saturated carbocycles. The Labute approximate surface area is 188 Å². The molecular formula is C23H20N2O6S. The van der Waals surface area contributed by atoms with Crippen molar-refractivity contribution in [3.8, 4) is 0 Å². The van der Waals surface area contributed by atoms with Crippen LogP contribution in [-0.2, 0) is 14.3 Å². The first-order chi connectivity index (χ1) is 15.5. The van der Waals surface area contributed by atoms with Crippen LogP contribution >= 0.6 is 11.3 Å². The molecule has 0 spiro atoms. The fraction of sp³-hybridized carbons (Fsp3) is 0.130. The van der Waals surface area contributed by atoms with Gasteiger partial charge in [-0.2, -0.15) is 0 Å². The van der Waals surface area contributed by atoms with E-state index in [2.05, 4.69) is 10.6 Å². The molecule has 3 rings (SSSR count). The fourth-order valence-corrected chi connectivity index (χ4v) is 3.22. The molecular weight excluding hydrogens is 432 g/mol. The summed E-state index contributed by atoms with van der Waals surface area (Å²) in [5.41, 5.74) is 1.59. The average molecular weight is 452 g/mol. The summed E-state index contributed by atoms with van der Waals surface area (Å²) in [6.45, 7) is 1.51. The third-order valence-electron chi connectivity index (χ3n) is 4.14. The monoisotopic (exact) mass is 452 g/mol. The molecule has 32 heavy (non-hydrogen) atoms. The van der Waals surface area contributed by atoms with Crippen LogP contribution in [0.15, 0.2) is 66.0 Å². The van der Waals surface area contributed by atoms with Gasteiger partial charge in [0.25, 0.3) is 11.8 Å². The van der Waals surface area contributed by atoms with E-state index in [1.807, 2.05) is 5.38 Å². The van der Waals surface area contributed by atoms with Gasteiger partial charge in [0.2, 0.25) is 0 Å². The van der Waals surface area contributed by atoms with Gasteiger partial charge in [0.05, 0.1) is 22.6 Å². The maximum absolute atomic E-state index is 12.2. The van der Waals surface area contributed by atoms with Crippen LogP contribution in [0.2, 0.25) is 0 Å². The van der Waals surface area contributed by atoms with Crippen molar-refractivity contribution in [2.75, 3.05) is 23.8 Å². The number of hydrogen-bond donors (Lipinski definition) is 2. The normalized spacial score (nSPS) is 10.2. The molecule has 0 saturated heterocycles. The van der Waals surface area contributed by atoms with Gasteiger partial charge in [0, 0.05) is 11.4 Å². The van der Waals surface area contributed by atoms with Crippen molar-refractivity contribution in [3.63, 3.8) is 0 Å². The Morgan fingerprint density at radius 3 is 1.88 bits per heavy atom. The SMILES string of the molecule is CCOC(=O)c1ccc(NC(=O)COC(=O)c2ccc(NC(=O)c3cccs3)cc2)cc1. The van der Waals surface area contributed by atoms with E-state index in [0.717, 1.165) is 0 Å². The fourth-order valence-electron chi connectivity index (χ4n) is 2.61. The predicted octanol–water partition coefficient (Wildman–Crippen LogP) is 3.97. The lowest BCUT2D eigenvalue weighted by Gasteiger charge is -2.08. The molecule has 3 aromatic rings. The van der Waals surface area contributed by atoms with Crippen LogP contribution in [0.3, 0.4) is 0 Å². The number of carbonyl (C=O) groups is 4. The van der Waals surface area contributed by atoms with E-state index < -0.39 is 24.5 Å². The molecule has 1 aromatic heterocycles. The molecule has 2 aromatic carbocycles. The van der Waals surface area contributed by atoms with E-state index >= 15 is 0 Å². The molecule has 8 nitrogen and oxygen atoms in total. The summed E-state index contributed by atoms with van der Waals surface area (Å²) >= 11 is 1.33. The Bertz CT molecular complexity index is 1090. The number of nitrogens with one attached hydrogen (secondary N) is 2. The Morgan fingerprint density at radius 1 is 0.781 bits per heavy atom. The second kappa shape index (κ2) is 10.9. The molecule has 164 valence electrons. The lowest BCUT2D eigenvalue weighted by atomic mass is 10.2. The molecule has 0 aliphatic rings. The van der Waals surface area contributed by atoms with Crippen LogP contribution in [0.1, 0.15) is 37.3 Å². The lowest BCUT2D eigenvalue weighted by molar-refractivity contribution is -0.119. The van der Waals surface area contributed by atoms with Gasteiger partial charge >= 0.3 is 11.9 Å². The number of thiophene rings is 1. The summed E-state index contributed by atoms with van der Waals surface area (Å²) in [7, 11) is 0. The molecule has 0 aliphatic heterocycles. The molecule has 0 fully saturated rings. The van der Waals surface area contributed by atoms with Gasteiger partial charge in [-0.15, -0.1) is 11.3 Å². The van der Waals surface area contributed by atoms with Gasteiger partial charge < -0.3 is 20.1 Å². The van der Waals surface area contributed by atoms with Crippen LogP contribution in [0.25, 0.3) is 0 Å². The zero-order valence-corrected chi connectivity index (χ0v) is 17.9. The number of amides is 2. The van der Waals surface area contributed by atoms with Crippen LogP contribution < -0.4 is 10.6 Å². The van der Waals surface area contributed by atoms with Crippen molar-refractivity contribution in [1.29, 1.82) is 0 Å². The highest BCUT2D eigenvalue weighted by Crippen LogP contribution is 2.15. The number of ether oxygens (including phenoxy) is 2. The number of rotatable bonds is 8. The number of anilines is 2. The van der Waals surface area contributed by atoms with Crippen LogP contribution in [0.4, 0.5) is 11.4 Å². The Balaban J connectivity index is 1.47. The summed E-state index contributed by atoms with van der Waals surface area (Å²) in [5.74, 6) is -1.88. The third-order valence-corrected chi connectivity index (χ3v) is 5.01. The van der Waals surface area contributed by atoms with Crippen molar-refractivity contribution in [1.82, 2.24) is 0 Å². The Kier molecular flexibility index (Phi) is 7.71. The molecule has 0 atom stereocenters. The molecule has 0 radical (unpaired) electrons. The molecule has 0 aliphatic carbocycles. The standard InChI is InChI=1S/C23H20N2O6S/c1-2-30-22(28)15-5-9-17(10-6-15)24-20(26)14-31-23(29)16-7-11-18(12-8-16)25-21(27)19-4-3-13-32-19/h3-13H,2,14H2,1H3,(H,24,26)(H,25,27). The van der Waals surface area contributed by atoms with Crippen LogP contribution in [0, 0.1) is 0 Å². The first-order valence-corrected chi connectivity index (χ1v) is 10.5. The average Bonchev–Trinajstić information content (AvgIpc) is 3.34. The van der Waals surface area contributed by atoms with Crippen LogP contribution in [0.5, 0.6) is 0 Å². The van der Waals surface area contributed by atoms with Crippen molar-refractivity contribution < 1.29 is 28.7 Å². The summed E-state index contributed by atoms with van der Waals surface area (Å²) in [6, 6.07) is 15.8. The zero-order chi connectivity index (χ0) is 22.9. The van der Waals surface area contributed by atoms with Crippen molar-refractivity contribution >= 4 is 46.5 Å². The Morgan fingerprint density at radius 2 is 1.34 bits per heavy atom. The summed E-state index contributed by atoms with van der Waals surface area (Å²) < 4.78 is 9.92. The summed E-state index contributed by atoms with van der Waals surface area (Å²) in [5, 5.41) is 7.12. The molecule has 0 unspecified atom stereocenters. The predicted molar refractivity (Wildman–Crippen MR) is 120 cm³/mol. The van der Waals surface area contributed by atoms with E-state index in [-0.39, 0.29) is 18.1 Å². The molecule has 2 N–H and O–H groups in total. The lowest BCUT2D eigenvalue weighted by Crippen LogP contribution is -2.21. The first kappa shape index (κ1) is 22.7. The van der Waals surface area contributed by atoms with E-state index in [0.29, 0.717) is 21.8 Å². The maximum Gasteiger partial charge on any atom is 0.338 e. The summed E-state index contributed by atoms with van der Waals surface area (Å²) in [6.07, 6.45) is 0. The second-order valence-corrected chi connectivity index (χ2v) is 7.38. The summed E-state index contributed by atoms with van der Waals surface area (Å²) in [4.78, 5) is 48.4. The minimum Gasteiger partial charge on any atom is -0.462 e. The first-order valence-electron chi connectivity index (χ1n) is 9.65. The number of carbonyl (C=O) groups excluding carboxylic acids is 4. The smallest absolute Gasteiger partial charge is 0.338 e. The largest absolute Gasteiger partial charge is 0.462 e. The maximum atomic E-state index is 12.2. The van der Waals surface area contributed by atoms with Gasteiger partial charge in [-0.1, -0.05) is 6.07 Å².